The fraction of sp³-hybridized carbons (Fsp3) is 0.176. The van der Waals surface area contributed by atoms with Crippen molar-refractivity contribution in [2.24, 2.45) is 0 Å². The molecule has 1 aliphatic heterocycles. The van der Waals surface area contributed by atoms with Crippen LogP contribution in [0, 0.1) is 0 Å². The highest BCUT2D eigenvalue weighted by atomic mass is 16.2. The summed E-state index contributed by atoms with van der Waals surface area (Å²) in [4.78, 5) is 41.3. The van der Waals surface area contributed by atoms with Crippen molar-refractivity contribution >= 4 is 29.2 Å². The molecular weight excluding hydrogens is 322 g/mol. The van der Waals surface area contributed by atoms with Crippen molar-refractivity contribution in [3.8, 4) is 0 Å². The first-order valence-electron chi connectivity index (χ1n) is 7.74. The molecule has 3 rings (SSSR count). The number of aromatic nitrogens is 1. The second-order valence-corrected chi connectivity index (χ2v) is 5.41. The first-order chi connectivity index (χ1) is 12.1. The van der Waals surface area contributed by atoms with E-state index >= 15 is 0 Å². The van der Waals surface area contributed by atoms with E-state index in [1.807, 2.05) is 6.07 Å². The van der Waals surface area contributed by atoms with Gasteiger partial charge in [0.15, 0.2) is 0 Å². The van der Waals surface area contributed by atoms with E-state index in [9.17, 15) is 14.4 Å². The summed E-state index contributed by atoms with van der Waals surface area (Å²) >= 11 is 0. The highest BCUT2D eigenvalue weighted by molar-refractivity contribution is 6.09. The lowest BCUT2D eigenvalue weighted by Gasteiger charge is -2.29. The maximum atomic E-state index is 12.3. The molecule has 25 heavy (non-hydrogen) atoms. The lowest BCUT2D eigenvalue weighted by atomic mass is 10.2. The van der Waals surface area contributed by atoms with Gasteiger partial charge in [0.25, 0.3) is 0 Å². The monoisotopic (exact) mass is 339 g/mol. The summed E-state index contributed by atoms with van der Waals surface area (Å²) in [5.41, 5.74) is 1.88. The summed E-state index contributed by atoms with van der Waals surface area (Å²) in [7, 11) is 0. The number of hydrogen-bond acceptors (Lipinski definition) is 4. The number of pyridine rings is 1. The molecule has 0 saturated heterocycles. The second-order valence-electron chi connectivity index (χ2n) is 5.41. The minimum atomic E-state index is -0.504. The van der Waals surface area contributed by atoms with Gasteiger partial charge in [-0.3, -0.25) is 19.5 Å². The fourth-order valence-electron chi connectivity index (χ4n) is 2.42. The Bertz CT molecular complexity index is 794. The average molecular weight is 339 g/mol. The summed E-state index contributed by atoms with van der Waals surface area (Å²) in [6, 6.07) is 11.9. The van der Waals surface area contributed by atoms with Crippen molar-refractivity contribution in [1.29, 1.82) is 0 Å². The summed E-state index contributed by atoms with van der Waals surface area (Å²) < 4.78 is 0. The summed E-state index contributed by atoms with van der Waals surface area (Å²) in [6.45, 7) is -0.00511. The van der Waals surface area contributed by atoms with Gasteiger partial charge in [-0.15, -0.1) is 0 Å². The van der Waals surface area contributed by atoms with Crippen LogP contribution < -0.4 is 20.9 Å². The molecule has 0 saturated carbocycles. The number of para-hydroxylation sites is 2. The molecule has 8 heteroatoms. The molecule has 2 aromatic rings. The van der Waals surface area contributed by atoms with Gasteiger partial charge in [-0.25, -0.2) is 4.79 Å². The molecule has 0 unspecified atom stereocenters. The lowest BCUT2D eigenvalue weighted by Crippen LogP contribution is -2.49. The number of carbonyl (C=O) groups excluding carboxylic acids is 3. The van der Waals surface area contributed by atoms with Crippen LogP contribution in [0.15, 0.2) is 48.7 Å². The smallest absolute Gasteiger partial charge is 0.322 e. The van der Waals surface area contributed by atoms with Crippen LogP contribution in [0.4, 0.5) is 16.2 Å². The molecule has 1 aromatic carbocycles. The van der Waals surface area contributed by atoms with E-state index in [2.05, 4.69) is 20.9 Å². The SMILES string of the molecule is O=C(CNC(=O)N1CC(=O)Nc2ccccc21)NCc1ccccn1. The number of urea groups is 1. The van der Waals surface area contributed by atoms with Crippen molar-refractivity contribution in [3.05, 3.63) is 54.4 Å². The molecule has 3 N–H and O–H groups in total. The number of nitrogens with zero attached hydrogens (tertiary/aromatic N) is 2. The number of benzene rings is 1. The van der Waals surface area contributed by atoms with Gasteiger partial charge >= 0.3 is 6.03 Å². The molecule has 1 aromatic heterocycles. The van der Waals surface area contributed by atoms with Crippen molar-refractivity contribution in [2.45, 2.75) is 6.54 Å². The van der Waals surface area contributed by atoms with Gasteiger partial charge in [-0.05, 0) is 24.3 Å². The molecule has 0 fully saturated rings. The average Bonchev–Trinajstić information content (AvgIpc) is 2.64. The molecule has 0 spiro atoms. The van der Waals surface area contributed by atoms with Crippen LogP contribution in [0.3, 0.4) is 0 Å². The largest absolute Gasteiger partial charge is 0.349 e. The molecule has 0 aliphatic carbocycles. The Hall–Kier alpha value is -3.42. The third kappa shape index (κ3) is 4.11. The molecular formula is C17H17N5O3. The van der Waals surface area contributed by atoms with Gasteiger partial charge in [0.1, 0.15) is 6.54 Å². The minimum absolute atomic E-state index is 0.0988. The van der Waals surface area contributed by atoms with Gasteiger partial charge in [-0.1, -0.05) is 18.2 Å². The Morgan fingerprint density at radius 2 is 1.92 bits per heavy atom. The van der Waals surface area contributed by atoms with Crippen molar-refractivity contribution in [3.63, 3.8) is 0 Å². The minimum Gasteiger partial charge on any atom is -0.349 e. The van der Waals surface area contributed by atoms with Crippen molar-refractivity contribution in [2.75, 3.05) is 23.3 Å². The second kappa shape index (κ2) is 7.43. The van der Waals surface area contributed by atoms with E-state index in [1.165, 1.54) is 4.90 Å². The van der Waals surface area contributed by atoms with Crippen LogP contribution in [0.5, 0.6) is 0 Å². The Morgan fingerprint density at radius 1 is 1.12 bits per heavy atom. The number of fused-ring (bicyclic) bond motifs is 1. The standard InChI is InChI=1S/C17H17N5O3/c23-15(19-9-12-5-3-4-8-18-12)10-20-17(25)22-11-16(24)21-13-6-1-2-7-14(13)22/h1-8H,9-11H2,(H,19,23)(H,20,25)(H,21,24). The first-order valence-corrected chi connectivity index (χ1v) is 7.74. The van der Waals surface area contributed by atoms with Crippen molar-refractivity contribution in [1.82, 2.24) is 15.6 Å². The molecule has 2 heterocycles. The molecule has 0 bridgehead atoms. The van der Waals surface area contributed by atoms with E-state index < -0.39 is 6.03 Å². The zero-order valence-corrected chi connectivity index (χ0v) is 13.4. The van der Waals surface area contributed by atoms with E-state index in [1.54, 1.807) is 42.6 Å². The van der Waals surface area contributed by atoms with E-state index in [0.717, 1.165) is 5.69 Å². The number of carbonyl (C=O) groups is 3. The van der Waals surface area contributed by atoms with Crippen LogP contribution >= 0.6 is 0 Å². The molecule has 4 amide bonds. The van der Waals surface area contributed by atoms with Gasteiger partial charge < -0.3 is 16.0 Å². The highest BCUT2D eigenvalue weighted by Gasteiger charge is 2.26. The third-order valence-corrected chi connectivity index (χ3v) is 3.61. The third-order valence-electron chi connectivity index (χ3n) is 3.61. The van der Waals surface area contributed by atoms with Crippen molar-refractivity contribution < 1.29 is 14.4 Å². The quantitative estimate of drug-likeness (QED) is 0.769. The Labute approximate surface area is 144 Å². The molecule has 8 nitrogen and oxygen atoms in total. The summed E-state index contributed by atoms with van der Waals surface area (Å²) in [5, 5.41) is 7.90. The maximum absolute atomic E-state index is 12.3. The Balaban J connectivity index is 1.54. The van der Waals surface area contributed by atoms with E-state index in [-0.39, 0.29) is 31.4 Å². The fourth-order valence-corrected chi connectivity index (χ4v) is 2.42. The first kappa shape index (κ1) is 16.4. The van der Waals surface area contributed by atoms with Gasteiger partial charge in [-0.2, -0.15) is 0 Å². The zero-order chi connectivity index (χ0) is 17.6. The number of amides is 4. The molecule has 128 valence electrons. The predicted molar refractivity (Wildman–Crippen MR) is 91.9 cm³/mol. The van der Waals surface area contributed by atoms with Crippen LogP contribution in [0.1, 0.15) is 5.69 Å². The van der Waals surface area contributed by atoms with Gasteiger partial charge in [0.05, 0.1) is 30.2 Å². The molecule has 1 aliphatic rings. The summed E-state index contributed by atoms with van der Waals surface area (Å²) in [6.07, 6.45) is 1.64. The number of anilines is 2. The summed E-state index contributed by atoms with van der Waals surface area (Å²) in [5.74, 6) is -0.623. The van der Waals surface area contributed by atoms with Crippen LogP contribution in [-0.4, -0.2) is 35.9 Å². The lowest BCUT2D eigenvalue weighted by molar-refractivity contribution is -0.120. The Morgan fingerprint density at radius 3 is 2.72 bits per heavy atom. The number of rotatable bonds is 4. The van der Waals surface area contributed by atoms with Crippen LogP contribution in [0.2, 0.25) is 0 Å². The maximum Gasteiger partial charge on any atom is 0.322 e. The normalized spacial score (nSPS) is 12.8. The van der Waals surface area contributed by atoms with Gasteiger partial charge in [0, 0.05) is 6.20 Å². The van der Waals surface area contributed by atoms with E-state index in [0.29, 0.717) is 11.4 Å². The van der Waals surface area contributed by atoms with E-state index in [4.69, 9.17) is 0 Å². The van der Waals surface area contributed by atoms with Crippen LogP contribution in [0.25, 0.3) is 0 Å². The van der Waals surface area contributed by atoms with Crippen LogP contribution in [-0.2, 0) is 16.1 Å². The molecule has 0 atom stereocenters. The predicted octanol–water partition coefficient (Wildman–Crippen LogP) is 0.866. The topological polar surface area (TPSA) is 103 Å². The number of nitrogens with one attached hydrogen (secondary N) is 3. The molecule has 0 radical (unpaired) electrons. The number of hydrogen-bond donors (Lipinski definition) is 3. The van der Waals surface area contributed by atoms with Gasteiger partial charge in [0.2, 0.25) is 11.8 Å². The highest BCUT2D eigenvalue weighted by Crippen LogP contribution is 2.28. The Kier molecular flexibility index (Phi) is 4.89. The zero-order valence-electron chi connectivity index (χ0n) is 13.4.